The third-order valence-corrected chi connectivity index (χ3v) is 4.94. The minimum atomic E-state index is 0.384. The summed E-state index contributed by atoms with van der Waals surface area (Å²) in [6.45, 7) is 6.03. The second-order valence-electron chi connectivity index (χ2n) is 5.48. The maximum absolute atomic E-state index is 4.12. The molecule has 0 saturated heterocycles. The van der Waals surface area contributed by atoms with Crippen LogP contribution in [-0.2, 0) is 13.1 Å². The van der Waals surface area contributed by atoms with Crippen LogP contribution in [0.1, 0.15) is 34.5 Å². The molecule has 2 aromatic heterocycles. The third-order valence-electron chi connectivity index (χ3n) is 3.74. The highest BCUT2D eigenvalue weighted by Crippen LogP contribution is 2.23. The topological polar surface area (TPSA) is 42.7 Å². The number of hydrogen-bond acceptors (Lipinski definition) is 4. The highest BCUT2D eigenvalue weighted by Gasteiger charge is 2.09. The fourth-order valence-corrected chi connectivity index (χ4v) is 3.42. The lowest BCUT2D eigenvalue weighted by Gasteiger charge is -2.14. The molecule has 5 heteroatoms. The Morgan fingerprint density at radius 3 is 2.59 bits per heavy atom. The Balaban J connectivity index is 1.56. The number of nitrogens with one attached hydrogen (secondary N) is 1. The smallest absolute Gasteiger partial charge is 0.137 e. The van der Waals surface area contributed by atoms with Crippen LogP contribution >= 0.6 is 11.3 Å². The van der Waals surface area contributed by atoms with E-state index in [1.54, 1.807) is 12.7 Å². The SMILES string of the molecule is Cc1ccsc1[C@@H](C)NCc1ccc(Cn2cncn2)cc1. The van der Waals surface area contributed by atoms with Crippen LogP contribution in [0.15, 0.2) is 48.4 Å². The van der Waals surface area contributed by atoms with Gasteiger partial charge in [0.15, 0.2) is 0 Å². The van der Waals surface area contributed by atoms with Crippen LogP contribution in [0.3, 0.4) is 0 Å². The summed E-state index contributed by atoms with van der Waals surface area (Å²) in [5.41, 5.74) is 3.90. The Bertz CT molecular complexity index is 701. The van der Waals surface area contributed by atoms with Crippen LogP contribution < -0.4 is 5.32 Å². The molecule has 1 atom stereocenters. The van der Waals surface area contributed by atoms with Crippen molar-refractivity contribution in [2.24, 2.45) is 0 Å². The Morgan fingerprint density at radius 1 is 1.18 bits per heavy atom. The largest absolute Gasteiger partial charge is 0.305 e. The molecule has 0 aliphatic rings. The number of benzene rings is 1. The summed E-state index contributed by atoms with van der Waals surface area (Å²) in [6, 6.07) is 11.2. The molecule has 0 bridgehead atoms. The van der Waals surface area contributed by atoms with Gasteiger partial charge in [-0.25, -0.2) is 9.67 Å². The number of rotatable bonds is 6. The van der Waals surface area contributed by atoms with Gasteiger partial charge in [0.2, 0.25) is 0 Å². The lowest BCUT2D eigenvalue weighted by atomic mass is 10.1. The number of thiophene rings is 1. The van der Waals surface area contributed by atoms with Crippen LogP contribution in [0, 0.1) is 6.92 Å². The van der Waals surface area contributed by atoms with E-state index >= 15 is 0 Å². The minimum absolute atomic E-state index is 0.384. The van der Waals surface area contributed by atoms with Crippen molar-refractivity contribution in [1.82, 2.24) is 20.1 Å². The summed E-state index contributed by atoms with van der Waals surface area (Å²) in [5, 5.41) is 9.87. The molecule has 0 unspecified atom stereocenters. The predicted octanol–water partition coefficient (Wildman–Crippen LogP) is 3.55. The summed E-state index contributed by atoms with van der Waals surface area (Å²) in [5.74, 6) is 0. The number of aryl methyl sites for hydroxylation is 1. The second-order valence-corrected chi connectivity index (χ2v) is 6.43. The van der Waals surface area contributed by atoms with Gasteiger partial charge in [0.25, 0.3) is 0 Å². The van der Waals surface area contributed by atoms with Gasteiger partial charge in [-0.15, -0.1) is 11.3 Å². The van der Waals surface area contributed by atoms with Crippen molar-refractivity contribution in [1.29, 1.82) is 0 Å². The van der Waals surface area contributed by atoms with E-state index in [4.69, 9.17) is 0 Å². The van der Waals surface area contributed by atoms with Gasteiger partial charge in [0, 0.05) is 17.5 Å². The maximum Gasteiger partial charge on any atom is 0.137 e. The maximum atomic E-state index is 4.12. The zero-order valence-corrected chi connectivity index (χ0v) is 13.7. The van der Waals surface area contributed by atoms with Crippen molar-refractivity contribution in [3.8, 4) is 0 Å². The average molecular weight is 312 g/mol. The van der Waals surface area contributed by atoms with E-state index in [9.17, 15) is 0 Å². The average Bonchev–Trinajstić information content (AvgIpc) is 3.18. The second kappa shape index (κ2) is 6.85. The summed E-state index contributed by atoms with van der Waals surface area (Å²) in [4.78, 5) is 5.38. The highest BCUT2D eigenvalue weighted by atomic mass is 32.1. The first-order chi connectivity index (χ1) is 10.7. The molecule has 0 amide bonds. The Hall–Kier alpha value is -1.98. The lowest BCUT2D eigenvalue weighted by Crippen LogP contribution is -2.17. The molecule has 0 aliphatic heterocycles. The van der Waals surface area contributed by atoms with Gasteiger partial charge < -0.3 is 5.32 Å². The third kappa shape index (κ3) is 3.61. The molecule has 0 spiro atoms. The van der Waals surface area contributed by atoms with Gasteiger partial charge in [0.05, 0.1) is 6.54 Å². The standard InChI is InChI=1S/C17H20N4S/c1-13-7-8-22-17(13)14(2)19-9-15-3-5-16(6-4-15)10-21-12-18-11-20-21/h3-8,11-12,14,19H,9-10H2,1-2H3/t14-/m1/s1. The van der Waals surface area contributed by atoms with Crippen molar-refractivity contribution in [3.63, 3.8) is 0 Å². The normalized spacial score (nSPS) is 12.5. The number of nitrogens with zero attached hydrogens (tertiary/aromatic N) is 3. The van der Waals surface area contributed by atoms with Gasteiger partial charge in [-0.3, -0.25) is 0 Å². The molecule has 0 aliphatic carbocycles. The molecule has 0 radical (unpaired) electrons. The van der Waals surface area contributed by atoms with E-state index in [0.717, 1.165) is 13.1 Å². The summed E-state index contributed by atoms with van der Waals surface area (Å²) < 4.78 is 1.83. The lowest BCUT2D eigenvalue weighted by molar-refractivity contribution is 0.580. The molecule has 2 heterocycles. The Labute approximate surface area is 134 Å². The zero-order chi connectivity index (χ0) is 15.4. The van der Waals surface area contributed by atoms with E-state index in [1.165, 1.54) is 21.6 Å². The van der Waals surface area contributed by atoms with Gasteiger partial charge >= 0.3 is 0 Å². The molecule has 4 nitrogen and oxygen atoms in total. The molecule has 3 aromatic rings. The molecule has 1 aromatic carbocycles. The number of aromatic nitrogens is 3. The number of hydrogen-bond donors (Lipinski definition) is 1. The van der Waals surface area contributed by atoms with E-state index in [-0.39, 0.29) is 0 Å². The Morgan fingerprint density at radius 2 is 1.95 bits per heavy atom. The van der Waals surface area contributed by atoms with E-state index in [0.29, 0.717) is 6.04 Å². The van der Waals surface area contributed by atoms with Gasteiger partial charge in [0.1, 0.15) is 12.7 Å². The minimum Gasteiger partial charge on any atom is -0.305 e. The first kappa shape index (κ1) is 14.9. The molecular formula is C17H20N4S. The van der Waals surface area contributed by atoms with Crippen LogP contribution in [0.5, 0.6) is 0 Å². The molecule has 22 heavy (non-hydrogen) atoms. The van der Waals surface area contributed by atoms with Gasteiger partial charge in [-0.1, -0.05) is 24.3 Å². The fraction of sp³-hybridized carbons (Fsp3) is 0.294. The summed E-state index contributed by atoms with van der Waals surface area (Å²) in [7, 11) is 0. The monoisotopic (exact) mass is 312 g/mol. The quantitative estimate of drug-likeness (QED) is 0.757. The molecule has 0 saturated carbocycles. The van der Waals surface area contributed by atoms with Crippen molar-refractivity contribution in [2.75, 3.05) is 0 Å². The molecule has 3 rings (SSSR count). The first-order valence-corrected chi connectivity index (χ1v) is 8.28. The molecule has 114 valence electrons. The molecule has 0 fully saturated rings. The summed E-state index contributed by atoms with van der Waals surface area (Å²) in [6.07, 6.45) is 3.30. The van der Waals surface area contributed by atoms with Crippen molar-refractivity contribution in [3.05, 3.63) is 69.9 Å². The Kier molecular flexibility index (Phi) is 4.65. The van der Waals surface area contributed by atoms with Crippen LogP contribution in [0.2, 0.25) is 0 Å². The van der Waals surface area contributed by atoms with Crippen LogP contribution in [0.4, 0.5) is 0 Å². The van der Waals surface area contributed by atoms with Crippen molar-refractivity contribution < 1.29 is 0 Å². The zero-order valence-electron chi connectivity index (χ0n) is 12.9. The van der Waals surface area contributed by atoms with Crippen molar-refractivity contribution >= 4 is 11.3 Å². The van der Waals surface area contributed by atoms with Gasteiger partial charge in [-0.05, 0) is 42.0 Å². The van der Waals surface area contributed by atoms with Crippen molar-refractivity contribution in [2.45, 2.75) is 33.0 Å². The highest BCUT2D eigenvalue weighted by molar-refractivity contribution is 7.10. The summed E-state index contributed by atoms with van der Waals surface area (Å²) >= 11 is 1.82. The van der Waals surface area contributed by atoms with E-state index in [2.05, 4.69) is 65.0 Å². The van der Waals surface area contributed by atoms with Crippen LogP contribution in [-0.4, -0.2) is 14.8 Å². The molecular weight excluding hydrogens is 292 g/mol. The van der Waals surface area contributed by atoms with Gasteiger partial charge in [-0.2, -0.15) is 5.10 Å². The first-order valence-electron chi connectivity index (χ1n) is 7.40. The van der Waals surface area contributed by atoms with E-state index < -0.39 is 0 Å². The van der Waals surface area contributed by atoms with Crippen LogP contribution in [0.25, 0.3) is 0 Å². The molecule has 1 N–H and O–H groups in total. The predicted molar refractivity (Wildman–Crippen MR) is 89.9 cm³/mol. The fourth-order valence-electron chi connectivity index (χ4n) is 2.46. The van der Waals surface area contributed by atoms with E-state index in [1.807, 2.05) is 16.0 Å².